The Morgan fingerprint density at radius 2 is 2.00 bits per heavy atom. The van der Waals surface area contributed by atoms with E-state index < -0.39 is 0 Å². The zero-order chi connectivity index (χ0) is 9.59. The topological polar surface area (TPSA) is 26.0 Å². The van der Waals surface area contributed by atoms with Gasteiger partial charge in [-0.25, -0.2) is 0 Å². The number of nitrogens with two attached hydrogens (primary N) is 1. The largest absolute Gasteiger partial charge is 0.324 e. The summed E-state index contributed by atoms with van der Waals surface area (Å²) in [6.07, 6.45) is 1.16. The van der Waals surface area contributed by atoms with Gasteiger partial charge in [0.1, 0.15) is 0 Å². The van der Waals surface area contributed by atoms with Crippen molar-refractivity contribution >= 4 is 0 Å². The third-order valence-corrected chi connectivity index (χ3v) is 3.15. The Labute approximate surface area is 80.0 Å². The van der Waals surface area contributed by atoms with E-state index in [0.717, 1.165) is 6.42 Å². The van der Waals surface area contributed by atoms with Gasteiger partial charge in [-0.1, -0.05) is 24.6 Å². The van der Waals surface area contributed by atoms with Gasteiger partial charge in [-0.05, 0) is 42.9 Å². The molecule has 0 aliphatic heterocycles. The third-order valence-electron chi connectivity index (χ3n) is 3.15. The number of hydrogen-bond donors (Lipinski definition) is 1. The first kappa shape index (κ1) is 8.76. The highest BCUT2D eigenvalue weighted by Crippen LogP contribution is 2.36. The minimum absolute atomic E-state index is 0.258. The van der Waals surface area contributed by atoms with Crippen molar-refractivity contribution in [2.45, 2.75) is 33.2 Å². The fraction of sp³-hybridized carbons (Fsp3) is 0.500. The first-order valence-electron chi connectivity index (χ1n) is 4.95. The average molecular weight is 175 g/mol. The molecule has 0 bridgehead atoms. The second kappa shape index (κ2) is 2.85. The summed E-state index contributed by atoms with van der Waals surface area (Å²) in [7, 11) is 0. The van der Waals surface area contributed by atoms with E-state index in [0.29, 0.717) is 5.92 Å². The summed E-state index contributed by atoms with van der Waals surface area (Å²) in [5.41, 5.74) is 11.7. The van der Waals surface area contributed by atoms with Gasteiger partial charge in [-0.2, -0.15) is 0 Å². The van der Waals surface area contributed by atoms with E-state index in [2.05, 4.69) is 32.9 Å². The number of hydrogen-bond acceptors (Lipinski definition) is 1. The summed E-state index contributed by atoms with van der Waals surface area (Å²) in [4.78, 5) is 0. The van der Waals surface area contributed by atoms with Crippen molar-refractivity contribution in [3.8, 4) is 0 Å². The molecule has 1 aromatic rings. The lowest BCUT2D eigenvalue weighted by Crippen LogP contribution is -2.13. The summed E-state index contributed by atoms with van der Waals surface area (Å²) in [5.74, 6) is 0.607. The molecule has 13 heavy (non-hydrogen) atoms. The molecule has 1 heteroatoms. The van der Waals surface area contributed by atoms with Crippen LogP contribution in [0.25, 0.3) is 0 Å². The molecule has 1 unspecified atom stereocenters. The normalized spacial score (nSPS) is 26.2. The van der Waals surface area contributed by atoms with E-state index in [1.165, 1.54) is 22.3 Å². The third kappa shape index (κ3) is 1.28. The molecule has 2 atom stereocenters. The lowest BCUT2D eigenvalue weighted by molar-refractivity contribution is 0.513. The van der Waals surface area contributed by atoms with Gasteiger partial charge in [0.2, 0.25) is 0 Å². The van der Waals surface area contributed by atoms with E-state index in [1.54, 1.807) is 0 Å². The summed E-state index contributed by atoms with van der Waals surface area (Å²) in [6.45, 7) is 6.57. The van der Waals surface area contributed by atoms with Crippen molar-refractivity contribution in [3.05, 3.63) is 34.4 Å². The monoisotopic (exact) mass is 175 g/mol. The van der Waals surface area contributed by atoms with Crippen molar-refractivity contribution in [2.24, 2.45) is 11.7 Å². The highest BCUT2D eigenvalue weighted by Gasteiger charge is 2.27. The summed E-state index contributed by atoms with van der Waals surface area (Å²) in [6, 6.07) is 4.76. The first-order chi connectivity index (χ1) is 6.09. The Kier molecular flexibility index (Phi) is 1.92. The predicted octanol–water partition coefficient (Wildman–Crippen LogP) is 2.50. The fourth-order valence-corrected chi connectivity index (χ4v) is 2.36. The average Bonchev–Trinajstić information content (AvgIpc) is 2.32. The summed E-state index contributed by atoms with van der Waals surface area (Å²) in [5, 5.41) is 0. The molecule has 2 N–H and O–H groups in total. The Bertz CT molecular complexity index is 341. The second-order valence-corrected chi connectivity index (χ2v) is 4.36. The standard InChI is InChI=1S/C12H17N/c1-7-4-8(2)10-6-9(3)12(13)11(10)5-7/h4-5,9,12H,6,13H2,1-3H3/t9-,12?/m0/s1. The van der Waals surface area contributed by atoms with Crippen LogP contribution >= 0.6 is 0 Å². The Hall–Kier alpha value is -0.820. The SMILES string of the molecule is Cc1cc(C)c2c(c1)C(N)[C@@H](C)C2. The molecule has 1 aliphatic rings. The van der Waals surface area contributed by atoms with Crippen LogP contribution in [0.3, 0.4) is 0 Å². The lowest BCUT2D eigenvalue weighted by Gasteiger charge is -2.10. The van der Waals surface area contributed by atoms with E-state index >= 15 is 0 Å². The summed E-state index contributed by atoms with van der Waals surface area (Å²) >= 11 is 0. The molecule has 0 fully saturated rings. The van der Waals surface area contributed by atoms with E-state index in [-0.39, 0.29) is 6.04 Å². The molecule has 0 spiro atoms. The first-order valence-corrected chi connectivity index (χ1v) is 4.95. The van der Waals surface area contributed by atoms with Crippen LogP contribution in [-0.4, -0.2) is 0 Å². The van der Waals surface area contributed by atoms with Gasteiger partial charge >= 0.3 is 0 Å². The highest BCUT2D eigenvalue weighted by molar-refractivity contribution is 5.43. The van der Waals surface area contributed by atoms with Crippen LogP contribution in [0.5, 0.6) is 0 Å². The van der Waals surface area contributed by atoms with Crippen molar-refractivity contribution in [1.29, 1.82) is 0 Å². The number of benzene rings is 1. The van der Waals surface area contributed by atoms with E-state index in [9.17, 15) is 0 Å². The molecule has 0 aromatic heterocycles. The number of fused-ring (bicyclic) bond motifs is 1. The van der Waals surface area contributed by atoms with Crippen LogP contribution in [0.15, 0.2) is 12.1 Å². The predicted molar refractivity (Wildman–Crippen MR) is 55.7 cm³/mol. The van der Waals surface area contributed by atoms with Crippen LogP contribution in [0.4, 0.5) is 0 Å². The maximum atomic E-state index is 6.13. The van der Waals surface area contributed by atoms with Crippen LogP contribution in [-0.2, 0) is 6.42 Å². The number of aryl methyl sites for hydroxylation is 2. The van der Waals surface area contributed by atoms with Gasteiger partial charge in [0.05, 0.1) is 0 Å². The highest BCUT2D eigenvalue weighted by atomic mass is 14.7. The quantitative estimate of drug-likeness (QED) is 0.644. The molecule has 0 radical (unpaired) electrons. The smallest absolute Gasteiger partial charge is 0.0326 e. The van der Waals surface area contributed by atoms with Crippen molar-refractivity contribution < 1.29 is 0 Å². The molecule has 1 aromatic carbocycles. The summed E-state index contributed by atoms with van der Waals surface area (Å²) < 4.78 is 0. The maximum absolute atomic E-state index is 6.13. The molecule has 70 valence electrons. The lowest BCUT2D eigenvalue weighted by atomic mass is 10.0. The Morgan fingerprint density at radius 1 is 1.31 bits per heavy atom. The second-order valence-electron chi connectivity index (χ2n) is 4.36. The minimum atomic E-state index is 0.258. The maximum Gasteiger partial charge on any atom is 0.0326 e. The molecule has 2 rings (SSSR count). The van der Waals surface area contributed by atoms with Gasteiger partial charge in [-0.3, -0.25) is 0 Å². The number of rotatable bonds is 0. The van der Waals surface area contributed by atoms with Crippen LogP contribution in [0, 0.1) is 19.8 Å². The molecular formula is C12H17N. The fourth-order valence-electron chi connectivity index (χ4n) is 2.36. The van der Waals surface area contributed by atoms with Gasteiger partial charge in [0.15, 0.2) is 0 Å². The van der Waals surface area contributed by atoms with Crippen molar-refractivity contribution in [3.63, 3.8) is 0 Å². The van der Waals surface area contributed by atoms with Crippen molar-refractivity contribution in [1.82, 2.24) is 0 Å². The molecule has 1 aliphatic carbocycles. The van der Waals surface area contributed by atoms with Gasteiger partial charge in [0, 0.05) is 6.04 Å². The molecule has 0 saturated carbocycles. The Balaban J connectivity index is 2.57. The molecule has 0 amide bonds. The van der Waals surface area contributed by atoms with E-state index in [4.69, 9.17) is 5.73 Å². The zero-order valence-corrected chi connectivity index (χ0v) is 8.59. The van der Waals surface area contributed by atoms with Crippen LogP contribution in [0.2, 0.25) is 0 Å². The zero-order valence-electron chi connectivity index (χ0n) is 8.59. The van der Waals surface area contributed by atoms with Crippen molar-refractivity contribution in [2.75, 3.05) is 0 Å². The van der Waals surface area contributed by atoms with Gasteiger partial charge in [0.25, 0.3) is 0 Å². The molecule has 1 nitrogen and oxygen atoms in total. The molecule has 0 heterocycles. The molecule has 0 saturated heterocycles. The van der Waals surface area contributed by atoms with E-state index in [1.807, 2.05) is 0 Å². The minimum Gasteiger partial charge on any atom is -0.324 e. The van der Waals surface area contributed by atoms with Crippen LogP contribution in [0.1, 0.15) is 35.2 Å². The van der Waals surface area contributed by atoms with Crippen LogP contribution < -0.4 is 5.73 Å². The Morgan fingerprint density at radius 3 is 2.69 bits per heavy atom. The molecular weight excluding hydrogens is 158 g/mol. The van der Waals surface area contributed by atoms with Gasteiger partial charge < -0.3 is 5.73 Å². The van der Waals surface area contributed by atoms with Gasteiger partial charge in [-0.15, -0.1) is 0 Å².